The topological polar surface area (TPSA) is 20.2 Å². The Hall–Kier alpha value is -0.980. The highest BCUT2D eigenvalue weighted by molar-refractivity contribution is 5.30. The second-order valence-corrected chi connectivity index (χ2v) is 2.76. The number of rotatable bonds is 4. The molecule has 0 aromatic carbocycles. The van der Waals surface area contributed by atoms with Crippen molar-refractivity contribution in [2.24, 2.45) is 0 Å². The Balaban J connectivity index is 4.74. The zero-order valence-electron chi connectivity index (χ0n) is 8.22. The predicted octanol–water partition coefficient (Wildman–Crippen LogP) is 3.75. The summed E-state index contributed by atoms with van der Waals surface area (Å²) in [6.07, 6.45) is 5.29. The Kier molecular flexibility index (Phi) is 5.18. The summed E-state index contributed by atoms with van der Waals surface area (Å²) in [5.74, 6) is 0.430. The van der Waals surface area contributed by atoms with Gasteiger partial charge in [0.25, 0.3) is 0 Å². The minimum Gasteiger partial charge on any atom is -0.508 e. The Bertz CT molecular complexity index is 209. The Morgan fingerprint density at radius 1 is 1.33 bits per heavy atom. The summed E-state index contributed by atoms with van der Waals surface area (Å²) in [7, 11) is 0. The summed E-state index contributed by atoms with van der Waals surface area (Å²) in [6, 6.07) is 0. The first kappa shape index (κ1) is 11.0. The fourth-order valence-electron chi connectivity index (χ4n) is 0.948. The van der Waals surface area contributed by atoms with Crippen molar-refractivity contribution in [3.8, 4) is 0 Å². The van der Waals surface area contributed by atoms with Gasteiger partial charge in [-0.25, -0.2) is 0 Å². The molecule has 0 aliphatic carbocycles. The van der Waals surface area contributed by atoms with Crippen LogP contribution < -0.4 is 0 Å². The van der Waals surface area contributed by atoms with E-state index in [4.69, 9.17) is 0 Å². The third-order valence-electron chi connectivity index (χ3n) is 1.94. The summed E-state index contributed by atoms with van der Waals surface area (Å²) in [5, 5.41) is 9.67. The number of hydrogen-bond acceptors (Lipinski definition) is 1. The number of aliphatic hydroxyl groups is 1. The van der Waals surface area contributed by atoms with Crippen LogP contribution in [0.3, 0.4) is 0 Å². The average molecular weight is 166 g/mol. The van der Waals surface area contributed by atoms with Gasteiger partial charge < -0.3 is 5.11 Å². The molecule has 0 radical (unpaired) electrons. The van der Waals surface area contributed by atoms with Crippen molar-refractivity contribution >= 4 is 0 Å². The number of hydrogen-bond donors (Lipinski definition) is 1. The van der Waals surface area contributed by atoms with E-state index in [2.05, 4.69) is 6.58 Å². The van der Waals surface area contributed by atoms with Crippen LogP contribution in [0.25, 0.3) is 0 Å². The van der Waals surface area contributed by atoms with Crippen LogP contribution in [0, 0.1) is 0 Å². The molecule has 0 saturated heterocycles. The molecule has 0 amide bonds. The monoisotopic (exact) mass is 166 g/mol. The first-order valence-corrected chi connectivity index (χ1v) is 4.38. The third-order valence-corrected chi connectivity index (χ3v) is 1.94. The Morgan fingerprint density at radius 2 is 1.92 bits per heavy atom. The lowest BCUT2D eigenvalue weighted by Crippen LogP contribution is -1.91. The van der Waals surface area contributed by atoms with E-state index in [1.165, 1.54) is 0 Å². The first-order valence-electron chi connectivity index (χ1n) is 4.38. The molecule has 1 N–H and O–H groups in total. The van der Waals surface area contributed by atoms with Gasteiger partial charge in [-0.1, -0.05) is 32.6 Å². The minimum atomic E-state index is 0.430. The van der Waals surface area contributed by atoms with Crippen LogP contribution in [0.15, 0.2) is 35.6 Å². The van der Waals surface area contributed by atoms with Gasteiger partial charge in [-0.05, 0) is 30.9 Å². The molecule has 0 aromatic rings. The number of allylic oxidation sites excluding steroid dienone is 4. The van der Waals surface area contributed by atoms with Crippen molar-refractivity contribution in [3.05, 3.63) is 35.6 Å². The van der Waals surface area contributed by atoms with Gasteiger partial charge in [-0.2, -0.15) is 0 Å². The van der Waals surface area contributed by atoms with Crippen molar-refractivity contribution in [1.82, 2.24) is 0 Å². The Labute approximate surface area is 75.1 Å². The summed E-state index contributed by atoms with van der Waals surface area (Å²) >= 11 is 0. The third kappa shape index (κ3) is 2.95. The fourth-order valence-corrected chi connectivity index (χ4v) is 0.948. The van der Waals surface area contributed by atoms with Gasteiger partial charge in [0, 0.05) is 0 Å². The molecular weight excluding hydrogens is 148 g/mol. The van der Waals surface area contributed by atoms with Gasteiger partial charge in [0.05, 0.1) is 0 Å². The van der Waals surface area contributed by atoms with Gasteiger partial charge in [0.15, 0.2) is 0 Å². The molecule has 0 heterocycles. The lowest BCUT2D eigenvalue weighted by atomic mass is 10.1. The van der Waals surface area contributed by atoms with Gasteiger partial charge in [-0.15, -0.1) is 0 Å². The Morgan fingerprint density at radius 3 is 2.25 bits per heavy atom. The second kappa shape index (κ2) is 5.64. The van der Waals surface area contributed by atoms with Gasteiger partial charge >= 0.3 is 0 Å². The highest BCUT2D eigenvalue weighted by Gasteiger charge is 2.02. The van der Waals surface area contributed by atoms with E-state index in [1.807, 2.05) is 26.8 Å². The summed E-state index contributed by atoms with van der Waals surface area (Å²) in [6.45, 7) is 9.61. The second-order valence-electron chi connectivity index (χ2n) is 2.76. The van der Waals surface area contributed by atoms with Crippen LogP contribution in [0.2, 0.25) is 0 Å². The predicted molar refractivity (Wildman–Crippen MR) is 54.2 cm³/mol. The minimum absolute atomic E-state index is 0.430. The molecule has 1 heteroatoms. The van der Waals surface area contributed by atoms with Crippen LogP contribution in [0.4, 0.5) is 0 Å². The van der Waals surface area contributed by atoms with Crippen LogP contribution in [0.1, 0.15) is 33.6 Å². The molecule has 0 aliphatic rings. The molecule has 12 heavy (non-hydrogen) atoms. The highest BCUT2D eigenvalue weighted by atomic mass is 16.3. The van der Waals surface area contributed by atoms with E-state index in [1.54, 1.807) is 6.08 Å². The zero-order chi connectivity index (χ0) is 9.56. The normalized spacial score (nSPS) is 14.1. The molecule has 0 aliphatic heterocycles. The van der Waals surface area contributed by atoms with Gasteiger partial charge in [-0.3, -0.25) is 0 Å². The molecule has 68 valence electrons. The lowest BCUT2D eigenvalue weighted by molar-refractivity contribution is 0.411. The maximum Gasteiger partial charge on any atom is 0.117 e. The van der Waals surface area contributed by atoms with Crippen molar-refractivity contribution in [1.29, 1.82) is 0 Å². The molecule has 1 nitrogen and oxygen atoms in total. The summed E-state index contributed by atoms with van der Waals surface area (Å²) in [5.41, 5.74) is 1.99. The molecule has 0 fully saturated rings. The van der Waals surface area contributed by atoms with E-state index < -0.39 is 0 Å². The summed E-state index contributed by atoms with van der Waals surface area (Å²) < 4.78 is 0. The van der Waals surface area contributed by atoms with E-state index in [-0.39, 0.29) is 0 Å². The van der Waals surface area contributed by atoms with Crippen LogP contribution in [-0.4, -0.2) is 5.11 Å². The SMILES string of the molecule is C=C/C=C(CC)\C(O)=C(/C)CC. The maximum absolute atomic E-state index is 9.67. The first-order chi connectivity index (χ1) is 5.67. The van der Waals surface area contributed by atoms with Crippen molar-refractivity contribution in [2.45, 2.75) is 33.6 Å². The average Bonchev–Trinajstić information content (AvgIpc) is 2.11. The van der Waals surface area contributed by atoms with Crippen molar-refractivity contribution < 1.29 is 5.11 Å². The van der Waals surface area contributed by atoms with Crippen LogP contribution >= 0.6 is 0 Å². The molecule has 0 bridgehead atoms. The van der Waals surface area contributed by atoms with Crippen molar-refractivity contribution in [2.75, 3.05) is 0 Å². The smallest absolute Gasteiger partial charge is 0.117 e. The summed E-state index contributed by atoms with van der Waals surface area (Å²) in [4.78, 5) is 0. The zero-order valence-corrected chi connectivity index (χ0v) is 8.22. The molecule has 0 aromatic heterocycles. The van der Waals surface area contributed by atoms with E-state index in [9.17, 15) is 5.11 Å². The highest BCUT2D eigenvalue weighted by Crippen LogP contribution is 2.16. The van der Waals surface area contributed by atoms with E-state index >= 15 is 0 Å². The van der Waals surface area contributed by atoms with Gasteiger partial charge in [0.1, 0.15) is 5.76 Å². The molecule has 0 rings (SSSR count). The molecule has 0 saturated carbocycles. The van der Waals surface area contributed by atoms with E-state index in [0.29, 0.717) is 5.76 Å². The number of aliphatic hydroxyl groups excluding tert-OH is 1. The molecule has 0 atom stereocenters. The molecule has 0 spiro atoms. The quantitative estimate of drug-likeness (QED) is 0.498. The van der Waals surface area contributed by atoms with Crippen molar-refractivity contribution in [3.63, 3.8) is 0 Å². The largest absolute Gasteiger partial charge is 0.508 e. The maximum atomic E-state index is 9.67. The van der Waals surface area contributed by atoms with Crippen LogP contribution in [0.5, 0.6) is 0 Å². The lowest BCUT2D eigenvalue weighted by Gasteiger charge is -2.06. The fraction of sp³-hybridized carbons (Fsp3) is 0.455. The van der Waals surface area contributed by atoms with Gasteiger partial charge in [0.2, 0.25) is 0 Å². The molecular formula is C11H18O. The van der Waals surface area contributed by atoms with Crippen LogP contribution in [-0.2, 0) is 0 Å². The standard InChI is InChI=1S/C11H18O/c1-5-8-10(7-3)11(12)9(4)6-2/h5,8,12H,1,6-7H2,2-4H3/b10-8-,11-9-. The van der Waals surface area contributed by atoms with E-state index in [0.717, 1.165) is 24.0 Å². The molecule has 0 unspecified atom stereocenters.